The van der Waals surface area contributed by atoms with Crippen molar-refractivity contribution in [2.45, 2.75) is 46.6 Å². The molecule has 0 radical (unpaired) electrons. The first-order valence-electron chi connectivity index (χ1n) is 7.56. The van der Waals surface area contributed by atoms with Gasteiger partial charge in [-0.15, -0.1) is 0 Å². The lowest BCUT2D eigenvalue weighted by molar-refractivity contribution is -0.133. The quantitative estimate of drug-likeness (QED) is 0.764. The fraction of sp³-hybridized carbons (Fsp3) is 0.933. The van der Waals surface area contributed by atoms with Crippen LogP contribution >= 0.6 is 0 Å². The van der Waals surface area contributed by atoms with Gasteiger partial charge in [-0.2, -0.15) is 0 Å². The number of carbonyl (C=O) groups excluding carboxylic acids is 1. The van der Waals surface area contributed by atoms with Crippen molar-refractivity contribution < 1.29 is 9.90 Å². The van der Waals surface area contributed by atoms with Gasteiger partial charge in [0.1, 0.15) is 0 Å². The highest BCUT2D eigenvalue weighted by Crippen LogP contribution is 2.17. The molecule has 4 heteroatoms. The lowest BCUT2D eigenvalue weighted by Crippen LogP contribution is -2.45. The highest BCUT2D eigenvalue weighted by molar-refractivity contribution is 5.78. The molecule has 1 aliphatic heterocycles. The van der Waals surface area contributed by atoms with Gasteiger partial charge in [-0.25, -0.2) is 0 Å². The van der Waals surface area contributed by atoms with Crippen LogP contribution in [0, 0.1) is 11.8 Å². The van der Waals surface area contributed by atoms with E-state index in [9.17, 15) is 9.90 Å². The monoisotopic (exact) mass is 270 g/mol. The van der Waals surface area contributed by atoms with Crippen molar-refractivity contribution in [3.8, 4) is 0 Å². The topological polar surface area (TPSA) is 43.8 Å². The average molecular weight is 270 g/mol. The zero-order chi connectivity index (χ0) is 14.4. The third-order valence-corrected chi connectivity index (χ3v) is 3.57. The first-order chi connectivity index (χ1) is 8.93. The smallest absolute Gasteiger partial charge is 0.236 e. The van der Waals surface area contributed by atoms with E-state index in [0.717, 1.165) is 32.5 Å². The molecule has 1 N–H and O–H groups in total. The van der Waals surface area contributed by atoms with Crippen molar-refractivity contribution in [2.24, 2.45) is 11.8 Å². The van der Waals surface area contributed by atoms with Crippen LogP contribution in [0.5, 0.6) is 0 Å². The molecule has 0 aromatic carbocycles. The molecule has 1 saturated heterocycles. The molecule has 0 bridgehead atoms. The Labute approximate surface area is 117 Å². The maximum atomic E-state index is 12.4. The Morgan fingerprint density at radius 1 is 1.26 bits per heavy atom. The molecule has 19 heavy (non-hydrogen) atoms. The first kappa shape index (κ1) is 16.4. The van der Waals surface area contributed by atoms with E-state index in [1.807, 2.05) is 4.90 Å². The van der Waals surface area contributed by atoms with E-state index in [-0.39, 0.29) is 18.6 Å². The van der Waals surface area contributed by atoms with Crippen molar-refractivity contribution in [2.75, 3.05) is 32.8 Å². The Balaban J connectivity index is 2.55. The fourth-order valence-electron chi connectivity index (χ4n) is 2.74. The molecule has 0 spiro atoms. The summed E-state index contributed by atoms with van der Waals surface area (Å²) in [5.74, 6) is 1.20. The minimum Gasteiger partial charge on any atom is -0.395 e. The molecule has 0 aliphatic carbocycles. The summed E-state index contributed by atoms with van der Waals surface area (Å²) in [4.78, 5) is 16.6. The van der Waals surface area contributed by atoms with Gasteiger partial charge in [-0.05, 0) is 31.2 Å². The fourth-order valence-corrected chi connectivity index (χ4v) is 2.74. The summed E-state index contributed by atoms with van der Waals surface area (Å²) in [5.41, 5.74) is 0. The van der Waals surface area contributed by atoms with Crippen LogP contribution in [0.25, 0.3) is 0 Å². The number of hydrogen-bond acceptors (Lipinski definition) is 3. The van der Waals surface area contributed by atoms with Crippen LogP contribution in [-0.4, -0.2) is 59.6 Å². The predicted octanol–water partition coefficient (Wildman–Crippen LogP) is 1.58. The predicted molar refractivity (Wildman–Crippen MR) is 77.9 cm³/mol. The highest BCUT2D eigenvalue weighted by atomic mass is 16.3. The minimum absolute atomic E-state index is 0.168. The van der Waals surface area contributed by atoms with Gasteiger partial charge in [0.15, 0.2) is 0 Å². The molecular formula is C15H30N2O2. The van der Waals surface area contributed by atoms with Crippen LogP contribution in [-0.2, 0) is 4.79 Å². The molecule has 0 aromatic rings. The van der Waals surface area contributed by atoms with Gasteiger partial charge in [0.2, 0.25) is 5.91 Å². The molecule has 1 atom stereocenters. The lowest BCUT2D eigenvalue weighted by Gasteiger charge is -2.30. The molecule has 4 nitrogen and oxygen atoms in total. The van der Waals surface area contributed by atoms with Crippen molar-refractivity contribution >= 4 is 5.91 Å². The van der Waals surface area contributed by atoms with E-state index >= 15 is 0 Å². The minimum atomic E-state index is 0.168. The maximum absolute atomic E-state index is 12.4. The van der Waals surface area contributed by atoms with E-state index in [2.05, 4.69) is 32.6 Å². The standard InChI is InChI=1S/C15H30N2O2/c1-12(2)8-17(9-13(3)4)15(19)10-16-7-5-6-14(16)11-18/h12-14,18H,5-11H2,1-4H3. The summed E-state index contributed by atoms with van der Waals surface area (Å²) in [6.07, 6.45) is 2.10. The first-order valence-corrected chi connectivity index (χ1v) is 7.56. The lowest BCUT2D eigenvalue weighted by atomic mass is 10.1. The Morgan fingerprint density at radius 3 is 2.32 bits per heavy atom. The van der Waals surface area contributed by atoms with E-state index in [1.165, 1.54) is 0 Å². The van der Waals surface area contributed by atoms with Crippen LogP contribution < -0.4 is 0 Å². The Morgan fingerprint density at radius 2 is 1.84 bits per heavy atom. The number of aliphatic hydroxyl groups excluding tert-OH is 1. The zero-order valence-electron chi connectivity index (χ0n) is 12.9. The number of hydrogen-bond donors (Lipinski definition) is 1. The number of rotatable bonds is 7. The molecule has 1 rings (SSSR count). The molecule has 112 valence electrons. The van der Waals surface area contributed by atoms with Gasteiger partial charge in [-0.1, -0.05) is 27.7 Å². The molecule has 0 saturated carbocycles. The van der Waals surface area contributed by atoms with E-state index < -0.39 is 0 Å². The van der Waals surface area contributed by atoms with Crippen molar-refractivity contribution in [3.63, 3.8) is 0 Å². The van der Waals surface area contributed by atoms with E-state index in [0.29, 0.717) is 18.4 Å². The second-order valence-electron chi connectivity index (χ2n) is 6.54. The zero-order valence-corrected chi connectivity index (χ0v) is 12.9. The summed E-state index contributed by atoms with van der Waals surface area (Å²) in [6.45, 7) is 11.8. The summed E-state index contributed by atoms with van der Waals surface area (Å²) in [6, 6.07) is 0.184. The SMILES string of the molecule is CC(C)CN(CC(C)C)C(=O)CN1CCCC1CO. The third kappa shape index (κ3) is 5.49. The van der Waals surface area contributed by atoms with Crippen molar-refractivity contribution in [1.29, 1.82) is 0 Å². The third-order valence-electron chi connectivity index (χ3n) is 3.57. The molecular weight excluding hydrogens is 240 g/mol. The molecule has 1 amide bonds. The van der Waals surface area contributed by atoms with Crippen LogP contribution in [0.2, 0.25) is 0 Å². The van der Waals surface area contributed by atoms with Gasteiger partial charge in [-0.3, -0.25) is 9.69 Å². The molecule has 0 aromatic heterocycles. The van der Waals surface area contributed by atoms with Crippen LogP contribution in [0.3, 0.4) is 0 Å². The normalized spacial score (nSPS) is 20.5. The number of aliphatic hydroxyl groups is 1. The van der Waals surface area contributed by atoms with Gasteiger partial charge >= 0.3 is 0 Å². The highest BCUT2D eigenvalue weighted by Gasteiger charge is 2.27. The van der Waals surface area contributed by atoms with E-state index in [4.69, 9.17) is 0 Å². The Bertz CT molecular complexity index is 269. The van der Waals surface area contributed by atoms with Crippen LogP contribution in [0.15, 0.2) is 0 Å². The number of likely N-dealkylation sites (tertiary alicyclic amines) is 1. The average Bonchev–Trinajstić information content (AvgIpc) is 2.74. The second-order valence-corrected chi connectivity index (χ2v) is 6.54. The van der Waals surface area contributed by atoms with Gasteiger partial charge in [0, 0.05) is 19.1 Å². The van der Waals surface area contributed by atoms with Crippen molar-refractivity contribution in [3.05, 3.63) is 0 Å². The molecule has 1 heterocycles. The number of carbonyl (C=O) groups is 1. The van der Waals surface area contributed by atoms with E-state index in [1.54, 1.807) is 0 Å². The maximum Gasteiger partial charge on any atom is 0.236 e. The largest absolute Gasteiger partial charge is 0.395 e. The number of amides is 1. The van der Waals surface area contributed by atoms with Crippen LogP contribution in [0.1, 0.15) is 40.5 Å². The van der Waals surface area contributed by atoms with Crippen LogP contribution in [0.4, 0.5) is 0 Å². The second kappa shape index (κ2) is 7.85. The Hall–Kier alpha value is -0.610. The Kier molecular flexibility index (Phi) is 6.80. The summed E-state index contributed by atoms with van der Waals surface area (Å²) in [5, 5.41) is 9.31. The summed E-state index contributed by atoms with van der Waals surface area (Å²) < 4.78 is 0. The summed E-state index contributed by atoms with van der Waals surface area (Å²) in [7, 11) is 0. The molecule has 1 fully saturated rings. The van der Waals surface area contributed by atoms with Crippen molar-refractivity contribution in [1.82, 2.24) is 9.80 Å². The summed E-state index contributed by atoms with van der Waals surface area (Å²) >= 11 is 0. The van der Waals surface area contributed by atoms with Gasteiger partial charge in [0.05, 0.1) is 13.2 Å². The molecule has 1 aliphatic rings. The number of nitrogens with zero attached hydrogens (tertiary/aromatic N) is 2. The molecule has 1 unspecified atom stereocenters. The van der Waals surface area contributed by atoms with Gasteiger partial charge in [0.25, 0.3) is 0 Å². The van der Waals surface area contributed by atoms with Gasteiger partial charge < -0.3 is 10.0 Å².